The Morgan fingerprint density at radius 2 is 1.92 bits per heavy atom. The molecule has 1 aromatic carbocycles. The van der Waals surface area contributed by atoms with Crippen molar-refractivity contribution in [1.29, 1.82) is 5.41 Å². The monoisotopic (exact) mass is 162 g/mol. The standard InChI is InChI=1S/C10H14N2/c1-6-4-5-9(12)7(2)10(6)8(3)11/h4-5,11H,12H2,1-3H3. The summed E-state index contributed by atoms with van der Waals surface area (Å²) in [6.45, 7) is 5.74. The van der Waals surface area contributed by atoms with Crippen LogP contribution in [-0.4, -0.2) is 5.71 Å². The zero-order valence-corrected chi connectivity index (χ0v) is 7.73. The molecule has 0 bridgehead atoms. The van der Waals surface area contributed by atoms with E-state index in [1.807, 2.05) is 26.0 Å². The zero-order valence-electron chi connectivity index (χ0n) is 7.73. The molecular weight excluding hydrogens is 148 g/mol. The number of hydrogen-bond acceptors (Lipinski definition) is 2. The molecule has 1 aromatic rings. The van der Waals surface area contributed by atoms with Crippen LogP contribution in [-0.2, 0) is 0 Å². The summed E-state index contributed by atoms with van der Waals surface area (Å²) in [5.74, 6) is 0. The summed E-state index contributed by atoms with van der Waals surface area (Å²) in [5, 5.41) is 7.56. The van der Waals surface area contributed by atoms with Crippen molar-refractivity contribution in [2.75, 3.05) is 5.73 Å². The van der Waals surface area contributed by atoms with Crippen molar-refractivity contribution >= 4 is 11.4 Å². The number of rotatable bonds is 1. The third kappa shape index (κ3) is 1.33. The lowest BCUT2D eigenvalue weighted by atomic mass is 9.98. The van der Waals surface area contributed by atoms with E-state index in [-0.39, 0.29) is 0 Å². The number of nitrogens with two attached hydrogens (primary N) is 1. The molecule has 64 valence electrons. The van der Waals surface area contributed by atoms with Crippen LogP contribution in [0.15, 0.2) is 12.1 Å². The molecule has 0 aliphatic heterocycles. The van der Waals surface area contributed by atoms with Gasteiger partial charge in [0.2, 0.25) is 0 Å². The van der Waals surface area contributed by atoms with Gasteiger partial charge in [0.1, 0.15) is 0 Å². The van der Waals surface area contributed by atoms with Gasteiger partial charge < -0.3 is 11.1 Å². The molecule has 0 aromatic heterocycles. The van der Waals surface area contributed by atoms with Gasteiger partial charge in [-0.05, 0) is 38.0 Å². The molecule has 12 heavy (non-hydrogen) atoms. The van der Waals surface area contributed by atoms with E-state index in [2.05, 4.69) is 0 Å². The SMILES string of the molecule is CC(=N)c1c(C)ccc(N)c1C. The van der Waals surface area contributed by atoms with E-state index in [1.54, 1.807) is 6.92 Å². The average Bonchev–Trinajstić information content (AvgIpc) is 1.97. The largest absolute Gasteiger partial charge is 0.398 e. The van der Waals surface area contributed by atoms with E-state index < -0.39 is 0 Å². The van der Waals surface area contributed by atoms with Gasteiger partial charge in [0.25, 0.3) is 0 Å². The first-order chi connectivity index (χ1) is 5.54. The second-order valence-electron chi connectivity index (χ2n) is 3.10. The summed E-state index contributed by atoms with van der Waals surface area (Å²) in [4.78, 5) is 0. The molecule has 0 amide bonds. The highest BCUT2D eigenvalue weighted by molar-refractivity contribution is 6.00. The predicted octanol–water partition coefficient (Wildman–Crippen LogP) is 2.27. The van der Waals surface area contributed by atoms with Gasteiger partial charge in [0, 0.05) is 17.0 Å². The van der Waals surface area contributed by atoms with Crippen LogP contribution in [0.4, 0.5) is 5.69 Å². The Balaban J connectivity index is 3.43. The molecule has 0 atom stereocenters. The first-order valence-electron chi connectivity index (χ1n) is 3.95. The second kappa shape index (κ2) is 2.97. The highest BCUT2D eigenvalue weighted by atomic mass is 14.6. The van der Waals surface area contributed by atoms with Crippen LogP contribution < -0.4 is 5.73 Å². The van der Waals surface area contributed by atoms with E-state index in [9.17, 15) is 0 Å². The van der Waals surface area contributed by atoms with E-state index >= 15 is 0 Å². The number of benzene rings is 1. The molecule has 1 rings (SSSR count). The third-order valence-electron chi connectivity index (χ3n) is 2.09. The maximum atomic E-state index is 7.56. The average molecular weight is 162 g/mol. The minimum Gasteiger partial charge on any atom is -0.398 e. The van der Waals surface area contributed by atoms with Gasteiger partial charge in [-0.15, -0.1) is 0 Å². The summed E-state index contributed by atoms with van der Waals surface area (Å²) in [5.41, 5.74) is 10.2. The Morgan fingerprint density at radius 3 is 2.33 bits per heavy atom. The quantitative estimate of drug-likeness (QED) is 0.483. The molecule has 0 unspecified atom stereocenters. The van der Waals surface area contributed by atoms with Crippen LogP contribution in [0, 0.1) is 19.3 Å². The molecule has 0 saturated carbocycles. The highest BCUT2D eigenvalue weighted by Crippen LogP contribution is 2.19. The van der Waals surface area contributed by atoms with Gasteiger partial charge in [0.05, 0.1) is 0 Å². The van der Waals surface area contributed by atoms with Crippen LogP contribution in [0.1, 0.15) is 23.6 Å². The third-order valence-corrected chi connectivity index (χ3v) is 2.09. The van der Waals surface area contributed by atoms with Crippen LogP contribution in [0.5, 0.6) is 0 Å². The highest BCUT2D eigenvalue weighted by Gasteiger charge is 2.06. The smallest absolute Gasteiger partial charge is 0.0361 e. The summed E-state index contributed by atoms with van der Waals surface area (Å²) in [6.07, 6.45) is 0. The summed E-state index contributed by atoms with van der Waals surface area (Å²) < 4.78 is 0. The summed E-state index contributed by atoms with van der Waals surface area (Å²) in [6, 6.07) is 3.84. The second-order valence-corrected chi connectivity index (χ2v) is 3.10. The van der Waals surface area contributed by atoms with Crippen LogP contribution in [0.25, 0.3) is 0 Å². The number of anilines is 1. The van der Waals surface area contributed by atoms with Crippen LogP contribution in [0.2, 0.25) is 0 Å². The molecule has 0 fully saturated rings. The maximum Gasteiger partial charge on any atom is 0.0361 e. The Labute approximate surface area is 72.9 Å². The van der Waals surface area contributed by atoms with E-state index in [1.165, 1.54) is 0 Å². The summed E-state index contributed by atoms with van der Waals surface area (Å²) in [7, 11) is 0. The van der Waals surface area contributed by atoms with Crippen LogP contribution >= 0.6 is 0 Å². The van der Waals surface area contributed by atoms with Gasteiger partial charge in [-0.3, -0.25) is 0 Å². The molecule has 0 radical (unpaired) electrons. The van der Waals surface area contributed by atoms with E-state index in [4.69, 9.17) is 11.1 Å². The molecule has 0 aliphatic carbocycles. The lowest BCUT2D eigenvalue weighted by Gasteiger charge is -2.09. The zero-order chi connectivity index (χ0) is 9.30. The molecular formula is C10H14N2. The number of aryl methyl sites for hydroxylation is 1. The predicted molar refractivity (Wildman–Crippen MR) is 52.8 cm³/mol. The lowest BCUT2D eigenvalue weighted by Crippen LogP contribution is -2.02. The topological polar surface area (TPSA) is 49.9 Å². The van der Waals surface area contributed by atoms with Crippen molar-refractivity contribution in [3.63, 3.8) is 0 Å². The Morgan fingerprint density at radius 1 is 1.33 bits per heavy atom. The van der Waals surface area contributed by atoms with Gasteiger partial charge in [-0.1, -0.05) is 6.07 Å². The minimum atomic E-state index is 0.581. The van der Waals surface area contributed by atoms with Gasteiger partial charge in [-0.2, -0.15) is 0 Å². The van der Waals surface area contributed by atoms with Crippen molar-refractivity contribution in [3.8, 4) is 0 Å². The Hall–Kier alpha value is -1.31. The van der Waals surface area contributed by atoms with Crippen molar-refractivity contribution < 1.29 is 0 Å². The van der Waals surface area contributed by atoms with Crippen molar-refractivity contribution in [2.45, 2.75) is 20.8 Å². The molecule has 2 heteroatoms. The van der Waals surface area contributed by atoms with E-state index in [0.29, 0.717) is 5.71 Å². The molecule has 0 spiro atoms. The normalized spacial score (nSPS) is 9.92. The minimum absolute atomic E-state index is 0.581. The number of nitrogen functional groups attached to an aromatic ring is 1. The lowest BCUT2D eigenvalue weighted by molar-refractivity contribution is 1.32. The van der Waals surface area contributed by atoms with Crippen molar-refractivity contribution in [3.05, 3.63) is 28.8 Å². The maximum absolute atomic E-state index is 7.56. The molecule has 2 nitrogen and oxygen atoms in total. The van der Waals surface area contributed by atoms with Gasteiger partial charge in [-0.25, -0.2) is 0 Å². The molecule has 3 N–H and O–H groups in total. The molecule has 0 aliphatic rings. The fraction of sp³-hybridized carbons (Fsp3) is 0.300. The Kier molecular flexibility index (Phi) is 2.18. The number of nitrogens with one attached hydrogen (secondary N) is 1. The van der Waals surface area contributed by atoms with Crippen LogP contribution in [0.3, 0.4) is 0 Å². The first kappa shape index (κ1) is 8.78. The van der Waals surface area contributed by atoms with Gasteiger partial charge in [0.15, 0.2) is 0 Å². The fourth-order valence-corrected chi connectivity index (χ4v) is 1.44. The fourth-order valence-electron chi connectivity index (χ4n) is 1.44. The molecule has 0 heterocycles. The van der Waals surface area contributed by atoms with Gasteiger partial charge >= 0.3 is 0 Å². The summed E-state index contributed by atoms with van der Waals surface area (Å²) >= 11 is 0. The Bertz CT molecular complexity index is 327. The van der Waals surface area contributed by atoms with E-state index in [0.717, 1.165) is 22.4 Å². The van der Waals surface area contributed by atoms with Crippen molar-refractivity contribution in [1.82, 2.24) is 0 Å². The first-order valence-corrected chi connectivity index (χ1v) is 3.95. The number of hydrogen-bond donors (Lipinski definition) is 2. The van der Waals surface area contributed by atoms with Crippen molar-refractivity contribution in [2.24, 2.45) is 0 Å². The molecule has 0 saturated heterocycles.